The quantitative estimate of drug-likeness (QED) is 0.426. The molecule has 5 heteroatoms. The van der Waals surface area contributed by atoms with Gasteiger partial charge in [-0.3, -0.25) is 0 Å². The Morgan fingerprint density at radius 3 is 1.85 bits per heavy atom. The molecule has 0 radical (unpaired) electrons. The number of halogens is 3. The molecule has 0 amide bonds. The van der Waals surface area contributed by atoms with Crippen molar-refractivity contribution < 1.29 is 21.6 Å². The van der Waals surface area contributed by atoms with Gasteiger partial charge in [0.1, 0.15) is 13.1 Å². The first-order valence-electron chi connectivity index (χ1n) is 4.38. The smallest absolute Gasteiger partial charge is 0.103 e. The van der Waals surface area contributed by atoms with Gasteiger partial charge in [0.15, 0.2) is 0 Å². The highest BCUT2D eigenvalue weighted by Crippen LogP contribution is 2.11. The fourth-order valence-corrected chi connectivity index (χ4v) is 2.36. The van der Waals surface area contributed by atoms with Crippen LogP contribution in [-0.2, 0) is 4.74 Å². The summed E-state index contributed by atoms with van der Waals surface area (Å²) in [6.07, 6.45) is 0. The molecule has 0 saturated carbocycles. The van der Waals surface area contributed by atoms with E-state index in [0.29, 0.717) is 0 Å². The number of ether oxygens (including phenoxy) is 1. The monoisotopic (exact) mass is 247 g/mol. The maximum atomic E-state index is 5.76. The van der Waals surface area contributed by atoms with Crippen LogP contribution in [-0.4, -0.2) is 55.6 Å². The Labute approximate surface area is 96.1 Å². The van der Waals surface area contributed by atoms with E-state index in [1.807, 2.05) is 0 Å². The molecule has 0 aromatic heterocycles. The average molecular weight is 249 g/mol. The van der Waals surface area contributed by atoms with E-state index >= 15 is 0 Å². The summed E-state index contributed by atoms with van der Waals surface area (Å²) in [5.41, 5.74) is 0. The summed E-state index contributed by atoms with van der Waals surface area (Å²) in [7, 11) is 0. The average Bonchev–Trinajstić information content (AvgIpc) is 2.07. The van der Waals surface area contributed by atoms with Crippen molar-refractivity contribution in [2.75, 3.05) is 51.2 Å². The van der Waals surface area contributed by atoms with Crippen LogP contribution < -0.4 is 12.4 Å². The number of nitrogens with zero attached hydrogens (tertiary/aromatic N) is 1. The molecule has 0 aromatic carbocycles. The predicted octanol–water partition coefficient (Wildman–Crippen LogP) is -1.68. The summed E-state index contributed by atoms with van der Waals surface area (Å²) in [5.74, 6) is 1.44. The SMILES string of the molecule is ClCC[N+]1(CCCl)CCOCC1.[Cl-]. The van der Waals surface area contributed by atoms with Gasteiger partial charge in [0.05, 0.1) is 38.1 Å². The van der Waals surface area contributed by atoms with Crippen molar-refractivity contribution in [3.63, 3.8) is 0 Å². The van der Waals surface area contributed by atoms with Crippen LogP contribution in [0.25, 0.3) is 0 Å². The van der Waals surface area contributed by atoms with Crippen molar-refractivity contribution in [3.8, 4) is 0 Å². The number of hydrogen-bond acceptors (Lipinski definition) is 1. The van der Waals surface area contributed by atoms with Crippen molar-refractivity contribution in [1.82, 2.24) is 0 Å². The molecule has 1 fully saturated rings. The van der Waals surface area contributed by atoms with Crippen LogP contribution in [0.1, 0.15) is 0 Å². The van der Waals surface area contributed by atoms with E-state index in [4.69, 9.17) is 27.9 Å². The second-order valence-electron chi connectivity index (χ2n) is 3.23. The zero-order valence-electron chi connectivity index (χ0n) is 7.65. The third-order valence-corrected chi connectivity index (χ3v) is 2.88. The molecule has 0 spiro atoms. The van der Waals surface area contributed by atoms with Gasteiger partial charge in [0.2, 0.25) is 0 Å². The van der Waals surface area contributed by atoms with Crippen LogP contribution in [0, 0.1) is 0 Å². The minimum Gasteiger partial charge on any atom is -1.00 e. The molecule has 13 heavy (non-hydrogen) atoms. The Morgan fingerprint density at radius 1 is 1.00 bits per heavy atom. The molecule has 0 atom stereocenters. The van der Waals surface area contributed by atoms with Crippen molar-refractivity contribution in [2.24, 2.45) is 0 Å². The van der Waals surface area contributed by atoms with Gasteiger partial charge < -0.3 is 21.6 Å². The number of morpholine rings is 1. The maximum absolute atomic E-state index is 5.76. The Balaban J connectivity index is 0.00000144. The first-order valence-corrected chi connectivity index (χ1v) is 5.45. The van der Waals surface area contributed by atoms with Crippen LogP contribution in [0.4, 0.5) is 0 Å². The largest absolute Gasteiger partial charge is 1.00 e. The van der Waals surface area contributed by atoms with Crippen LogP contribution >= 0.6 is 23.2 Å². The van der Waals surface area contributed by atoms with Crippen molar-refractivity contribution in [1.29, 1.82) is 0 Å². The molecule has 1 aliphatic rings. The lowest BCUT2D eigenvalue weighted by atomic mass is 10.3. The number of rotatable bonds is 4. The molecular formula is C8H16Cl3NO. The first kappa shape index (κ1) is 13.8. The van der Waals surface area contributed by atoms with Gasteiger partial charge in [-0.2, -0.15) is 0 Å². The number of alkyl halides is 2. The summed E-state index contributed by atoms with van der Waals surface area (Å²) in [6, 6.07) is 0. The van der Waals surface area contributed by atoms with Gasteiger partial charge in [-0.25, -0.2) is 0 Å². The van der Waals surface area contributed by atoms with E-state index in [1.165, 1.54) is 0 Å². The Hall–Kier alpha value is 0.790. The van der Waals surface area contributed by atoms with E-state index in [-0.39, 0.29) is 12.4 Å². The Bertz CT molecular complexity index is 113. The van der Waals surface area contributed by atoms with Gasteiger partial charge in [-0.1, -0.05) is 0 Å². The maximum Gasteiger partial charge on any atom is 0.103 e. The van der Waals surface area contributed by atoms with Gasteiger partial charge in [0, 0.05) is 0 Å². The first-order chi connectivity index (χ1) is 5.83. The van der Waals surface area contributed by atoms with Gasteiger partial charge in [-0.05, 0) is 0 Å². The van der Waals surface area contributed by atoms with Gasteiger partial charge >= 0.3 is 0 Å². The molecule has 0 N–H and O–H groups in total. The predicted molar refractivity (Wildman–Crippen MR) is 52.0 cm³/mol. The van der Waals surface area contributed by atoms with Crippen LogP contribution in [0.2, 0.25) is 0 Å². The zero-order valence-corrected chi connectivity index (χ0v) is 9.91. The highest BCUT2D eigenvalue weighted by atomic mass is 35.5. The summed E-state index contributed by atoms with van der Waals surface area (Å²) in [6.45, 7) is 5.90. The zero-order chi connectivity index (χ0) is 8.86. The van der Waals surface area contributed by atoms with Gasteiger partial charge in [0.25, 0.3) is 0 Å². The van der Waals surface area contributed by atoms with E-state index in [1.54, 1.807) is 0 Å². The molecule has 80 valence electrons. The van der Waals surface area contributed by atoms with Crippen molar-refractivity contribution in [2.45, 2.75) is 0 Å². The third-order valence-electron chi connectivity index (χ3n) is 2.54. The fourth-order valence-electron chi connectivity index (χ4n) is 1.65. The summed E-state index contributed by atoms with van der Waals surface area (Å²) < 4.78 is 6.36. The van der Waals surface area contributed by atoms with Crippen LogP contribution in [0.15, 0.2) is 0 Å². The van der Waals surface area contributed by atoms with Crippen molar-refractivity contribution in [3.05, 3.63) is 0 Å². The second kappa shape index (κ2) is 7.13. The lowest BCUT2D eigenvalue weighted by molar-refractivity contribution is -0.930. The van der Waals surface area contributed by atoms with Gasteiger partial charge in [-0.15, -0.1) is 23.2 Å². The molecule has 0 unspecified atom stereocenters. The molecule has 1 rings (SSSR count). The van der Waals surface area contributed by atoms with E-state index < -0.39 is 0 Å². The van der Waals surface area contributed by atoms with Crippen LogP contribution in [0.3, 0.4) is 0 Å². The number of quaternary nitrogens is 1. The fraction of sp³-hybridized carbons (Fsp3) is 1.00. The van der Waals surface area contributed by atoms with Crippen LogP contribution in [0.5, 0.6) is 0 Å². The highest BCUT2D eigenvalue weighted by Gasteiger charge is 2.28. The molecule has 0 bridgehead atoms. The normalized spacial score (nSPS) is 20.8. The molecule has 0 aromatic rings. The molecule has 1 aliphatic heterocycles. The molecule has 2 nitrogen and oxygen atoms in total. The van der Waals surface area contributed by atoms with E-state index in [9.17, 15) is 0 Å². The lowest BCUT2D eigenvalue weighted by Crippen LogP contribution is -3.00. The Kier molecular flexibility index (Phi) is 7.56. The van der Waals surface area contributed by atoms with E-state index in [0.717, 1.165) is 55.6 Å². The summed E-state index contributed by atoms with van der Waals surface area (Å²) in [4.78, 5) is 0. The van der Waals surface area contributed by atoms with Crippen molar-refractivity contribution >= 4 is 23.2 Å². The minimum absolute atomic E-state index is 0. The molecular weight excluding hydrogens is 232 g/mol. The number of hydrogen-bond donors (Lipinski definition) is 0. The van der Waals surface area contributed by atoms with E-state index in [2.05, 4.69) is 0 Å². The molecule has 1 saturated heterocycles. The molecule has 1 heterocycles. The molecule has 0 aliphatic carbocycles. The standard InChI is InChI=1S/C8H16Cl2NO.ClH/c9-1-3-11(4-2-10)5-7-12-8-6-11;/h1-8H2;1H/q+1;/p-1. The third kappa shape index (κ3) is 4.22. The minimum atomic E-state index is 0. The summed E-state index contributed by atoms with van der Waals surface area (Å²) in [5, 5.41) is 0. The highest BCUT2D eigenvalue weighted by molar-refractivity contribution is 6.18. The topological polar surface area (TPSA) is 9.23 Å². The summed E-state index contributed by atoms with van der Waals surface area (Å²) >= 11 is 11.5. The second-order valence-corrected chi connectivity index (χ2v) is 3.98. The Morgan fingerprint density at radius 2 is 1.46 bits per heavy atom. The lowest BCUT2D eigenvalue weighted by Gasteiger charge is -2.40.